The maximum absolute atomic E-state index is 12.3. The summed E-state index contributed by atoms with van der Waals surface area (Å²) in [6, 6.07) is -0.205. The second kappa shape index (κ2) is 7.91. The number of halogens is 2. The van der Waals surface area contributed by atoms with Crippen molar-refractivity contribution in [2.45, 2.75) is 44.7 Å². The summed E-state index contributed by atoms with van der Waals surface area (Å²) in [4.78, 5) is 34.7. The van der Waals surface area contributed by atoms with Gasteiger partial charge in [-0.2, -0.15) is 4.98 Å². The number of carbonyl (C=O) groups is 1. The number of nitro groups is 1. The number of anilines is 1. The molecule has 26 heavy (non-hydrogen) atoms. The van der Waals surface area contributed by atoms with Crippen molar-refractivity contribution in [3.8, 4) is 0 Å². The fraction of sp³-hybridized carbons (Fsp3) is 0.667. The summed E-state index contributed by atoms with van der Waals surface area (Å²) in [6.45, 7) is 8.37. The molecule has 1 aromatic heterocycles. The lowest BCUT2D eigenvalue weighted by Gasteiger charge is -2.40. The lowest BCUT2D eigenvalue weighted by atomic mass is 10.1. The van der Waals surface area contributed by atoms with Gasteiger partial charge in [0, 0.05) is 25.7 Å². The van der Waals surface area contributed by atoms with Crippen LogP contribution in [0.25, 0.3) is 0 Å². The molecule has 2 heterocycles. The predicted molar refractivity (Wildman–Crippen MR) is 101 cm³/mol. The molecule has 0 aromatic carbocycles. The lowest BCUT2D eigenvalue weighted by molar-refractivity contribution is -0.385. The van der Waals surface area contributed by atoms with Gasteiger partial charge in [0.05, 0.1) is 10.3 Å². The van der Waals surface area contributed by atoms with E-state index in [4.69, 9.17) is 16.3 Å². The zero-order valence-electron chi connectivity index (χ0n) is 15.0. The third kappa shape index (κ3) is 4.73. The minimum absolute atomic E-state index is 0.0539. The Bertz CT molecular complexity index is 712. The van der Waals surface area contributed by atoms with E-state index in [-0.39, 0.29) is 33.9 Å². The largest absolute Gasteiger partial charge is 0.444 e. The molecule has 1 atom stereocenters. The molecule has 0 aliphatic carbocycles. The number of ether oxygens (including phenoxy) is 1. The smallest absolute Gasteiger partial charge is 0.410 e. The van der Waals surface area contributed by atoms with Gasteiger partial charge in [-0.25, -0.2) is 9.78 Å². The zero-order valence-corrected chi connectivity index (χ0v) is 17.4. The van der Waals surface area contributed by atoms with Gasteiger partial charge in [0.2, 0.25) is 11.1 Å². The molecule has 1 saturated heterocycles. The maximum atomic E-state index is 12.3. The molecule has 0 radical (unpaired) electrons. The molecular formula is C15H21BrClN5O4. The number of rotatable bonds is 3. The van der Waals surface area contributed by atoms with Crippen LogP contribution >= 0.6 is 27.5 Å². The van der Waals surface area contributed by atoms with E-state index in [1.807, 2.05) is 6.92 Å². The summed E-state index contributed by atoms with van der Waals surface area (Å²) in [5.74, 6) is 0.167. The molecule has 0 bridgehead atoms. The van der Waals surface area contributed by atoms with Crippen molar-refractivity contribution in [2.24, 2.45) is 0 Å². The fourth-order valence-corrected chi connectivity index (χ4v) is 3.28. The maximum Gasteiger partial charge on any atom is 0.410 e. The van der Waals surface area contributed by atoms with E-state index in [9.17, 15) is 14.9 Å². The average molecular weight is 451 g/mol. The minimum atomic E-state index is -0.582. The molecule has 1 aliphatic heterocycles. The normalized spacial score (nSPS) is 18.0. The number of hydrogen-bond donors (Lipinski definition) is 0. The van der Waals surface area contributed by atoms with E-state index in [1.165, 1.54) is 0 Å². The highest BCUT2D eigenvalue weighted by molar-refractivity contribution is 9.08. The van der Waals surface area contributed by atoms with E-state index in [1.54, 1.807) is 30.6 Å². The molecule has 1 aliphatic rings. The van der Waals surface area contributed by atoms with Gasteiger partial charge >= 0.3 is 11.8 Å². The van der Waals surface area contributed by atoms with E-state index in [2.05, 4.69) is 25.9 Å². The Morgan fingerprint density at radius 1 is 1.42 bits per heavy atom. The van der Waals surface area contributed by atoms with Crippen LogP contribution in [-0.4, -0.2) is 57.2 Å². The van der Waals surface area contributed by atoms with Crippen LogP contribution in [-0.2, 0) is 10.1 Å². The highest BCUT2D eigenvalue weighted by Crippen LogP contribution is 2.33. The summed E-state index contributed by atoms with van der Waals surface area (Å²) < 4.78 is 5.39. The van der Waals surface area contributed by atoms with Crippen LogP contribution in [0, 0.1) is 10.1 Å². The van der Waals surface area contributed by atoms with Crippen LogP contribution in [0.1, 0.15) is 33.4 Å². The number of carbonyl (C=O) groups excluding carboxylic acids is 1. The fourth-order valence-electron chi connectivity index (χ4n) is 2.70. The summed E-state index contributed by atoms with van der Waals surface area (Å²) in [6.07, 6.45) is -0.402. The molecule has 2 rings (SSSR count). The Labute approximate surface area is 164 Å². The molecule has 144 valence electrons. The van der Waals surface area contributed by atoms with Gasteiger partial charge in [-0.3, -0.25) is 10.1 Å². The Morgan fingerprint density at radius 2 is 2.08 bits per heavy atom. The number of amides is 1. The number of alkyl halides is 1. The molecule has 1 unspecified atom stereocenters. The van der Waals surface area contributed by atoms with E-state index in [0.29, 0.717) is 19.6 Å². The molecule has 0 saturated carbocycles. The molecule has 1 amide bonds. The van der Waals surface area contributed by atoms with Crippen molar-refractivity contribution in [2.75, 3.05) is 24.5 Å². The summed E-state index contributed by atoms with van der Waals surface area (Å²) in [7, 11) is 0. The van der Waals surface area contributed by atoms with Crippen LogP contribution in [0.5, 0.6) is 0 Å². The second-order valence-corrected chi connectivity index (χ2v) is 7.87. The predicted octanol–water partition coefficient (Wildman–Crippen LogP) is 3.38. The quantitative estimate of drug-likeness (QED) is 0.301. The first kappa shape index (κ1) is 20.6. The minimum Gasteiger partial charge on any atom is -0.444 e. The average Bonchev–Trinajstić information content (AvgIpc) is 2.51. The van der Waals surface area contributed by atoms with Gasteiger partial charge in [-0.1, -0.05) is 15.9 Å². The van der Waals surface area contributed by atoms with Crippen LogP contribution in [0.3, 0.4) is 0 Å². The second-order valence-electron chi connectivity index (χ2n) is 6.97. The van der Waals surface area contributed by atoms with Crippen LogP contribution in [0.15, 0.2) is 0 Å². The Morgan fingerprint density at radius 3 is 2.58 bits per heavy atom. The van der Waals surface area contributed by atoms with Gasteiger partial charge < -0.3 is 14.5 Å². The molecule has 11 heteroatoms. The summed E-state index contributed by atoms with van der Waals surface area (Å²) in [5, 5.41) is 11.7. The van der Waals surface area contributed by atoms with Crippen molar-refractivity contribution < 1.29 is 14.5 Å². The molecule has 0 spiro atoms. The highest BCUT2D eigenvalue weighted by Gasteiger charge is 2.35. The van der Waals surface area contributed by atoms with E-state index >= 15 is 0 Å². The van der Waals surface area contributed by atoms with Gasteiger partial charge in [0.15, 0.2) is 0 Å². The van der Waals surface area contributed by atoms with Crippen LogP contribution in [0.2, 0.25) is 5.28 Å². The van der Waals surface area contributed by atoms with Crippen LogP contribution in [0.4, 0.5) is 16.3 Å². The van der Waals surface area contributed by atoms with Crippen molar-refractivity contribution >= 4 is 45.1 Å². The summed E-state index contributed by atoms with van der Waals surface area (Å²) >= 11 is 9.15. The molecule has 9 nitrogen and oxygen atoms in total. The lowest BCUT2D eigenvalue weighted by Crippen LogP contribution is -2.55. The molecular weight excluding hydrogens is 430 g/mol. The highest BCUT2D eigenvalue weighted by atomic mass is 79.9. The summed E-state index contributed by atoms with van der Waals surface area (Å²) in [5.41, 5.74) is -0.545. The van der Waals surface area contributed by atoms with Gasteiger partial charge in [0.1, 0.15) is 11.3 Å². The third-order valence-corrected chi connectivity index (χ3v) is 4.47. The van der Waals surface area contributed by atoms with Gasteiger partial charge in [-0.15, -0.1) is 0 Å². The monoisotopic (exact) mass is 449 g/mol. The Kier molecular flexibility index (Phi) is 6.28. The van der Waals surface area contributed by atoms with E-state index < -0.39 is 16.6 Å². The number of piperazine rings is 1. The standard InChI is InChI=1S/C15H21BrClN5O4/c1-9-8-20(14(23)26-15(2,3)4)5-6-21(9)12-11(22(24)25)10(7-16)18-13(17)19-12/h9H,5-8H2,1-4H3. The third-order valence-electron chi connectivity index (χ3n) is 3.77. The van der Waals surface area contributed by atoms with Gasteiger partial charge in [0.25, 0.3) is 0 Å². The first-order valence-corrected chi connectivity index (χ1v) is 9.54. The van der Waals surface area contributed by atoms with Crippen molar-refractivity contribution in [3.05, 3.63) is 21.1 Å². The SMILES string of the molecule is CC1CN(C(=O)OC(C)(C)C)CCN1c1nc(Cl)nc(CBr)c1[N+](=O)[O-]. The van der Waals surface area contributed by atoms with Crippen molar-refractivity contribution in [1.29, 1.82) is 0 Å². The molecule has 1 aromatic rings. The Balaban J connectivity index is 2.26. The molecule has 1 fully saturated rings. The number of hydrogen-bond acceptors (Lipinski definition) is 7. The number of aromatic nitrogens is 2. The first-order chi connectivity index (χ1) is 12.0. The van der Waals surface area contributed by atoms with Crippen LogP contribution < -0.4 is 4.90 Å². The molecule has 0 N–H and O–H groups in total. The zero-order chi connectivity index (χ0) is 19.6. The number of nitrogens with zero attached hydrogens (tertiary/aromatic N) is 5. The topological polar surface area (TPSA) is 102 Å². The Hall–Kier alpha value is -1.68. The van der Waals surface area contributed by atoms with E-state index in [0.717, 1.165) is 0 Å². The van der Waals surface area contributed by atoms with Crippen molar-refractivity contribution in [3.63, 3.8) is 0 Å². The van der Waals surface area contributed by atoms with Crippen molar-refractivity contribution in [1.82, 2.24) is 14.9 Å². The first-order valence-electron chi connectivity index (χ1n) is 8.05. The van der Waals surface area contributed by atoms with Gasteiger partial charge in [-0.05, 0) is 39.3 Å².